The number of alkyl halides is 1. The molecule has 0 fully saturated rings. The quantitative estimate of drug-likeness (QED) is 0.444. The van der Waals surface area contributed by atoms with E-state index in [2.05, 4.69) is 22.2 Å². The molecule has 2 rings (SSSR count). The number of nitrogens with two attached hydrogens (primary N) is 1. The van der Waals surface area contributed by atoms with Gasteiger partial charge in [0.2, 0.25) is 5.95 Å². The van der Waals surface area contributed by atoms with Crippen LogP contribution in [0.4, 0.5) is 11.8 Å². The minimum absolute atomic E-state index is 0.540. The van der Waals surface area contributed by atoms with Crippen LogP contribution in [-0.2, 0) is 6.42 Å². The standard InChI is InChI=1S/C20H29ClN4O/c1-3-4-5-12-23-20-24-15(2)18(19(22)25-20)14-16-7-9-17(10-8-16)26-13-6-11-21/h7-10H,3-6,11-14H2,1-2H3,(H3,22,23,24,25). The van der Waals surface area contributed by atoms with Crippen molar-refractivity contribution < 1.29 is 4.74 Å². The number of unbranched alkanes of at least 4 members (excludes halogenated alkanes) is 2. The van der Waals surface area contributed by atoms with Crippen LogP contribution in [-0.4, -0.2) is 29.0 Å². The highest BCUT2D eigenvalue weighted by Gasteiger charge is 2.10. The molecule has 0 unspecified atom stereocenters. The Bertz CT molecular complexity index is 653. The van der Waals surface area contributed by atoms with E-state index in [0.29, 0.717) is 30.7 Å². The van der Waals surface area contributed by atoms with Crippen molar-refractivity contribution in [3.63, 3.8) is 0 Å². The summed E-state index contributed by atoms with van der Waals surface area (Å²) >= 11 is 5.66. The lowest BCUT2D eigenvalue weighted by Crippen LogP contribution is -2.11. The molecule has 2 aromatic rings. The topological polar surface area (TPSA) is 73.1 Å². The maximum Gasteiger partial charge on any atom is 0.224 e. The number of halogens is 1. The third-order valence-corrected chi connectivity index (χ3v) is 4.43. The van der Waals surface area contributed by atoms with Crippen LogP contribution in [0.25, 0.3) is 0 Å². The molecule has 1 aromatic carbocycles. The second-order valence-electron chi connectivity index (χ2n) is 6.34. The highest BCUT2D eigenvalue weighted by molar-refractivity contribution is 6.17. The number of hydrogen-bond donors (Lipinski definition) is 2. The van der Waals surface area contributed by atoms with Gasteiger partial charge in [-0.1, -0.05) is 31.9 Å². The number of aromatic nitrogens is 2. The zero-order valence-electron chi connectivity index (χ0n) is 15.7. The van der Waals surface area contributed by atoms with Gasteiger partial charge in [0.25, 0.3) is 0 Å². The van der Waals surface area contributed by atoms with Crippen LogP contribution in [0, 0.1) is 6.92 Å². The fourth-order valence-corrected chi connectivity index (χ4v) is 2.75. The van der Waals surface area contributed by atoms with Gasteiger partial charge >= 0.3 is 0 Å². The first-order valence-electron chi connectivity index (χ1n) is 9.28. The molecule has 3 N–H and O–H groups in total. The summed E-state index contributed by atoms with van der Waals surface area (Å²) in [7, 11) is 0. The Morgan fingerprint density at radius 1 is 1.12 bits per heavy atom. The Kier molecular flexibility index (Phi) is 8.48. The molecule has 0 saturated heterocycles. The molecule has 0 radical (unpaired) electrons. The average molecular weight is 377 g/mol. The zero-order valence-corrected chi connectivity index (χ0v) is 16.5. The summed E-state index contributed by atoms with van der Waals surface area (Å²) in [5, 5.41) is 3.26. The second kappa shape index (κ2) is 10.9. The first-order chi connectivity index (χ1) is 12.6. The van der Waals surface area contributed by atoms with Gasteiger partial charge in [0.1, 0.15) is 11.6 Å². The van der Waals surface area contributed by atoms with Crippen molar-refractivity contribution in [1.29, 1.82) is 0 Å². The summed E-state index contributed by atoms with van der Waals surface area (Å²) in [6.45, 7) is 5.67. The van der Waals surface area contributed by atoms with E-state index in [0.717, 1.165) is 42.0 Å². The van der Waals surface area contributed by atoms with Crippen molar-refractivity contribution in [3.8, 4) is 5.75 Å². The molecular weight excluding hydrogens is 348 g/mol. The van der Waals surface area contributed by atoms with Gasteiger partial charge in [-0.25, -0.2) is 4.98 Å². The molecule has 0 spiro atoms. The number of ether oxygens (including phenoxy) is 1. The van der Waals surface area contributed by atoms with Crippen molar-refractivity contribution in [2.75, 3.05) is 30.1 Å². The van der Waals surface area contributed by atoms with Crippen LogP contribution in [0.2, 0.25) is 0 Å². The number of anilines is 2. The molecule has 0 bridgehead atoms. The van der Waals surface area contributed by atoms with Gasteiger partial charge in [-0.2, -0.15) is 4.98 Å². The Balaban J connectivity index is 1.98. The summed E-state index contributed by atoms with van der Waals surface area (Å²) in [5.41, 5.74) is 9.22. The number of nitrogen functional groups attached to an aromatic ring is 1. The van der Waals surface area contributed by atoms with Crippen molar-refractivity contribution in [1.82, 2.24) is 9.97 Å². The first-order valence-corrected chi connectivity index (χ1v) is 9.82. The Hall–Kier alpha value is -2.01. The molecule has 0 atom stereocenters. The van der Waals surface area contributed by atoms with Gasteiger partial charge in [-0.05, 0) is 37.5 Å². The number of rotatable bonds is 11. The van der Waals surface area contributed by atoms with E-state index in [-0.39, 0.29) is 0 Å². The molecule has 26 heavy (non-hydrogen) atoms. The molecule has 0 aliphatic heterocycles. The molecule has 5 nitrogen and oxygen atoms in total. The summed E-state index contributed by atoms with van der Waals surface area (Å²) in [6, 6.07) is 8.04. The summed E-state index contributed by atoms with van der Waals surface area (Å²) in [6.07, 6.45) is 5.05. The predicted molar refractivity (Wildman–Crippen MR) is 109 cm³/mol. The third-order valence-electron chi connectivity index (χ3n) is 4.16. The van der Waals surface area contributed by atoms with Gasteiger partial charge < -0.3 is 15.8 Å². The fraction of sp³-hybridized carbons (Fsp3) is 0.500. The molecule has 1 heterocycles. The Morgan fingerprint density at radius 3 is 2.54 bits per heavy atom. The van der Waals surface area contributed by atoms with Gasteiger partial charge in [0, 0.05) is 30.1 Å². The molecule has 0 amide bonds. The van der Waals surface area contributed by atoms with Gasteiger partial charge in [0.15, 0.2) is 0 Å². The third kappa shape index (κ3) is 6.37. The van der Waals surface area contributed by atoms with Crippen molar-refractivity contribution in [2.45, 2.75) is 46.0 Å². The maximum absolute atomic E-state index is 6.18. The first kappa shape index (κ1) is 20.3. The molecule has 0 aliphatic rings. The van der Waals surface area contributed by atoms with Gasteiger partial charge in [-0.15, -0.1) is 11.6 Å². The largest absolute Gasteiger partial charge is 0.494 e. The van der Waals surface area contributed by atoms with Crippen LogP contribution < -0.4 is 15.8 Å². The van der Waals surface area contributed by atoms with Crippen molar-refractivity contribution in [3.05, 3.63) is 41.1 Å². The lowest BCUT2D eigenvalue weighted by atomic mass is 10.0. The molecule has 0 aliphatic carbocycles. The monoisotopic (exact) mass is 376 g/mol. The van der Waals surface area contributed by atoms with Crippen LogP contribution in [0.5, 0.6) is 5.75 Å². The Morgan fingerprint density at radius 2 is 1.88 bits per heavy atom. The molecule has 0 saturated carbocycles. The highest BCUT2D eigenvalue weighted by Crippen LogP contribution is 2.21. The van der Waals surface area contributed by atoms with E-state index >= 15 is 0 Å². The minimum Gasteiger partial charge on any atom is -0.494 e. The Labute approximate surface area is 161 Å². The highest BCUT2D eigenvalue weighted by atomic mass is 35.5. The molecular formula is C20H29ClN4O. The van der Waals surface area contributed by atoms with Crippen LogP contribution in [0.3, 0.4) is 0 Å². The summed E-state index contributed by atoms with van der Waals surface area (Å²) in [4.78, 5) is 8.97. The summed E-state index contributed by atoms with van der Waals surface area (Å²) < 4.78 is 5.63. The van der Waals surface area contributed by atoms with Crippen molar-refractivity contribution in [2.24, 2.45) is 0 Å². The zero-order chi connectivity index (χ0) is 18.8. The number of benzene rings is 1. The number of aryl methyl sites for hydroxylation is 1. The van der Waals surface area contributed by atoms with Gasteiger partial charge in [-0.3, -0.25) is 0 Å². The van der Waals surface area contributed by atoms with Crippen LogP contribution in [0.1, 0.15) is 49.4 Å². The molecule has 1 aromatic heterocycles. The van der Waals surface area contributed by atoms with E-state index in [9.17, 15) is 0 Å². The lowest BCUT2D eigenvalue weighted by molar-refractivity contribution is 0.318. The second-order valence-corrected chi connectivity index (χ2v) is 6.72. The van der Waals surface area contributed by atoms with E-state index in [1.54, 1.807) is 0 Å². The number of nitrogens with one attached hydrogen (secondary N) is 1. The average Bonchev–Trinajstić information content (AvgIpc) is 2.63. The smallest absolute Gasteiger partial charge is 0.224 e. The van der Waals surface area contributed by atoms with E-state index < -0.39 is 0 Å². The van der Waals surface area contributed by atoms with Crippen LogP contribution in [0.15, 0.2) is 24.3 Å². The van der Waals surface area contributed by atoms with E-state index in [1.165, 1.54) is 12.8 Å². The normalized spacial score (nSPS) is 10.7. The van der Waals surface area contributed by atoms with Crippen LogP contribution >= 0.6 is 11.6 Å². The lowest BCUT2D eigenvalue weighted by Gasteiger charge is -2.12. The SMILES string of the molecule is CCCCCNc1nc(C)c(Cc2ccc(OCCCCl)cc2)c(N)n1. The fourth-order valence-electron chi connectivity index (χ4n) is 2.64. The molecule has 6 heteroatoms. The van der Waals surface area contributed by atoms with Gasteiger partial charge in [0.05, 0.1) is 6.61 Å². The summed E-state index contributed by atoms with van der Waals surface area (Å²) in [5.74, 6) is 2.62. The molecule has 142 valence electrons. The minimum atomic E-state index is 0.540. The van der Waals surface area contributed by atoms with E-state index in [4.69, 9.17) is 22.1 Å². The van der Waals surface area contributed by atoms with E-state index in [1.807, 2.05) is 31.2 Å². The predicted octanol–water partition coefficient (Wildman–Crippen LogP) is 4.57. The number of nitrogens with zero attached hydrogens (tertiary/aromatic N) is 2. The van der Waals surface area contributed by atoms with Crippen molar-refractivity contribution >= 4 is 23.4 Å². The number of hydrogen-bond acceptors (Lipinski definition) is 5. The maximum atomic E-state index is 6.18.